The summed E-state index contributed by atoms with van der Waals surface area (Å²) in [7, 11) is 0. The van der Waals surface area contributed by atoms with E-state index >= 15 is 0 Å². The maximum absolute atomic E-state index is 12.1. The first-order chi connectivity index (χ1) is 12.0. The average Bonchev–Trinajstić information content (AvgIpc) is 2.59. The molecule has 126 valence electrons. The summed E-state index contributed by atoms with van der Waals surface area (Å²) in [6, 6.07) is 14.8. The second-order valence-electron chi connectivity index (χ2n) is 4.94. The molecule has 7 nitrogen and oxygen atoms in total. The third-order valence-corrected chi connectivity index (χ3v) is 3.64. The molecule has 25 heavy (non-hydrogen) atoms. The van der Waals surface area contributed by atoms with E-state index in [-0.39, 0.29) is 11.3 Å². The highest BCUT2D eigenvalue weighted by atomic mass is 79.9. The van der Waals surface area contributed by atoms with Gasteiger partial charge >= 0.3 is 0 Å². The molecule has 0 saturated carbocycles. The van der Waals surface area contributed by atoms with E-state index in [4.69, 9.17) is 5.26 Å². The Bertz CT molecular complexity index is 857. The van der Waals surface area contributed by atoms with Crippen LogP contribution >= 0.6 is 15.9 Å². The molecule has 2 rings (SSSR count). The molecular weight excluding hydrogens is 388 g/mol. The Morgan fingerprint density at radius 2 is 2.00 bits per heavy atom. The Hall–Kier alpha value is -3.18. The Labute approximate surface area is 152 Å². The SMILES string of the molecule is N#C/C(=C/NCc1cccc(Br)c1)C(=O)Nc1ccc([N+](=O)[O-])cc1. The first-order valence-corrected chi connectivity index (χ1v) is 7.93. The predicted octanol–water partition coefficient (Wildman–Crippen LogP) is 3.49. The molecule has 0 heterocycles. The molecule has 1 amide bonds. The van der Waals surface area contributed by atoms with E-state index in [1.807, 2.05) is 30.3 Å². The molecule has 0 bridgehead atoms. The van der Waals surface area contributed by atoms with E-state index in [0.717, 1.165) is 10.0 Å². The molecule has 0 aliphatic rings. The van der Waals surface area contributed by atoms with E-state index in [9.17, 15) is 14.9 Å². The molecule has 2 aromatic carbocycles. The smallest absolute Gasteiger partial charge is 0.269 e. The molecule has 0 radical (unpaired) electrons. The summed E-state index contributed by atoms with van der Waals surface area (Å²) in [5.74, 6) is -0.599. The lowest BCUT2D eigenvalue weighted by molar-refractivity contribution is -0.384. The fourth-order valence-corrected chi connectivity index (χ4v) is 2.38. The lowest BCUT2D eigenvalue weighted by atomic mass is 10.2. The molecule has 0 atom stereocenters. The molecule has 8 heteroatoms. The molecule has 2 N–H and O–H groups in total. The van der Waals surface area contributed by atoms with Crippen LogP contribution in [-0.4, -0.2) is 10.8 Å². The highest BCUT2D eigenvalue weighted by Gasteiger charge is 2.10. The lowest BCUT2D eigenvalue weighted by Crippen LogP contribution is -2.16. The lowest BCUT2D eigenvalue weighted by Gasteiger charge is -2.05. The number of hydrogen-bond donors (Lipinski definition) is 2. The molecule has 0 aliphatic heterocycles. The van der Waals surface area contributed by atoms with Crippen LogP contribution in [0.3, 0.4) is 0 Å². The highest BCUT2D eigenvalue weighted by molar-refractivity contribution is 9.10. The van der Waals surface area contributed by atoms with Gasteiger partial charge in [0.25, 0.3) is 11.6 Å². The number of rotatable bonds is 6. The summed E-state index contributed by atoms with van der Waals surface area (Å²) in [6.45, 7) is 0.454. The van der Waals surface area contributed by atoms with Gasteiger partial charge in [0.2, 0.25) is 0 Å². The molecule has 0 unspecified atom stereocenters. The number of benzene rings is 2. The van der Waals surface area contributed by atoms with Crippen molar-refractivity contribution in [3.05, 3.63) is 80.5 Å². The maximum Gasteiger partial charge on any atom is 0.269 e. The van der Waals surface area contributed by atoms with Crippen LogP contribution < -0.4 is 10.6 Å². The van der Waals surface area contributed by atoms with Crippen LogP contribution in [0.25, 0.3) is 0 Å². The zero-order valence-electron chi connectivity index (χ0n) is 12.9. The highest BCUT2D eigenvalue weighted by Crippen LogP contribution is 2.16. The van der Waals surface area contributed by atoms with Gasteiger partial charge in [0.1, 0.15) is 11.6 Å². The van der Waals surface area contributed by atoms with Gasteiger partial charge < -0.3 is 10.6 Å². The zero-order valence-corrected chi connectivity index (χ0v) is 14.5. The fourth-order valence-electron chi connectivity index (χ4n) is 1.93. The topological polar surface area (TPSA) is 108 Å². The van der Waals surface area contributed by atoms with Crippen LogP contribution in [0.4, 0.5) is 11.4 Å². The summed E-state index contributed by atoms with van der Waals surface area (Å²) in [6.07, 6.45) is 1.33. The average molecular weight is 401 g/mol. The van der Waals surface area contributed by atoms with Gasteiger partial charge in [-0.3, -0.25) is 14.9 Å². The number of hydrogen-bond acceptors (Lipinski definition) is 5. The van der Waals surface area contributed by atoms with Crippen LogP contribution in [0, 0.1) is 21.4 Å². The molecule has 0 aliphatic carbocycles. The molecule has 2 aromatic rings. The number of carbonyl (C=O) groups is 1. The molecule has 0 fully saturated rings. The predicted molar refractivity (Wildman–Crippen MR) is 96.4 cm³/mol. The van der Waals surface area contributed by atoms with Crippen molar-refractivity contribution in [2.75, 3.05) is 5.32 Å². The number of non-ortho nitro benzene ring substituents is 1. The zero-order chi connectivity index (χ0) is 18.2. The van der Waals surface area contributed by atoms with Crippen molar-refractivity contribution in [3.8, 4) is 6.07 Å². The van der Waals surface area contributed by atoms with E-state index in [1.165, 1.54) is 30.5 Å². The number of nitro benzene ring substituents is 1. The standard InChI is InChI=1S/C17H13BrN4O3/c18-14-3-1-2-12(8-14)10-20-11-13(9-19)17(23)21-15-4-6-16(7-5-15)22(24)25/h1-8,11,20H,10H2,(H,21,23)/b13-11-. The maximum atomic E-state index is 12.1. The minimum Gasteiger partial charge on any atom is -0.386 e. The largest absolute Gasteiger partial charge is 0.386 e. The number of nitrogens with zero attached hydrogens (tertiary/aromatic N) is 2. The second kappa shape index (κ2) is 8.61. The summed E-state index contributed by atoms with van der Waals surface area (Å²) in [5.41, 5.74) is 1.17. The van der Waals surface area contributed by atoms with E-state index in [2.05, 4.69) is 26.6 Å². The minimum absolute atomic E-state index is 0.0789. The first-order valence-electron chi connectivity index (χ1n) is 7.13. The molecule has 0 spiro atoms. The number of nitro groups is 1. The van der Waals surface area contributed by atoms with Crippen LogP contribution in [-0.2, 0) is 11.3 Å². The Morgan fingerprint density at radius 3 is 2.60 bits per heavy atom. The normalized spacial score (nSPS) is 10.6. The van der Waals surface area contributed by atoms with Gasteiger partial charge in [0.15, 0.2) is 0 Å². The van der Waals surface area contributed by atoms with E-state index in [0.29, 0.717) is 12.2 Å². The third kappa shape index (κ3) is 5.44. The van der Waals surface area contributed by atoms with Crippen molar-refractivity contribution in [2.45, 2.75) is 6.54 Å². The van der Waals surface area contributed by atoms with Gasteiger partial charge in [-0.1, -0.05) is 28.1 Å². The number of nitriles is 1. The van der Waals surface area contributed by atoms with Crippen molar-refractivity contribution >= 4 is 33.2 Å². The van der Waals surface area contributed by atoms with Crippen molar-refractivity contribution < 1.29 is 9.72 Å². The number of amides is 1. The van der Waals surface area contributed by atoms with Gasteiger partial charge in [0.05, 0.1) is 4.92 Å². The second-order valence-corrected chi connectivity index (χ2v) is 5.85. The minimum atomic E-state index is -0.599. The van der Waals surface area contributed by atoms with Gasteiger partial charge in [-0.2, -0.15) is 5.26 Å². The quantitative estimate of drug-likeness (QED) is 0.333. The van der Waals surface area contributed by atoms with Crippen molar-refractivity contribution in [3.63, 3.8) is 0 Å². The Balaban J connectivity index is 1.97. The van der Waals surface area contributed by atoms with Crippen molar-refractivity contribution in [2.24, 2.45) is 0 Å². The summed E-state index contributed by atoms with van der Waals surface area (Å²) in [4.78, 5) is 22.1. The Morgan fingerprint density at radius 1 is 1.28 bits per heavy atom. The van der Waals surface area contributed by atoms with E-state index in [1.54, 1.807) is 0 Å². The Kier molecular flexibility index (Phi) is 6.26. The van der Waals surface area contributed by atoms with Crippen LogP contribution in [0.2, 0.25) is 0 Å². The summed E-state index contributed by atoms with van der Waals surface area (Å²) < 4.78 is 0.937. The molecular formula is C17H13BrN4O3. The first kappa shape index (κ1) is 18.2. The van der Waals surface area contributed by atoms with Gasteiger partial charge in [-0.25, -0.2) is 0 Å². The van der Waals surface area contributed by atoms with E-state index < -0.39 is 10.8 Å². The van der Waals surface area contributed by atoms with Gasteiger partial charge in [-0.15, -0.1) is 0 Å². The van der Waals surface area contributed by atoms with Crippen LogP contribution in [0.1, 0.15) is 5.56 Å². The van der Waals surface area contributed by atoms with Gasteiger partial charge in [-0.05, 0) is 29.8 Å². The third-order valence-electron chi connectivity index (χ3n) is 3.14. The van der Waals surface area contributed by atoms with Crippen molar-refractivity contribution in [1.82, 2.24) is 5.32 Å². The number of nitrogens with one attached hydrogen (secondary N) is 2. The molecule has 0 saturated heterocycles. The van der Waals surface area contributed by atoms with Crippen LogP contribution in [0.15, 0.2) is 64.8 Å². The molecule has 0 aromatic heterocycles. The summed E-state index contributed by atoms with van der Waals surface area (Å²) in [5, 5.41) is 25.1. The van der Waals surface area contributed by atoms with Gasteiger partial charge in [0, 0.05) is 35.0 Å². The number of carbonyl (C=O) groups excluding carboxylic acids is 1. The number of anilines is 1. The fraction of sp³-hybridized carbons (Fsp3) is 0.0588. The summed E-state index contributed by atoms with van der Waals surface area (Å²) >= 11 is 3.37. The van der Waals surface area contributed by atoms with Crippen LogP contribution in [0.5, 0.6) is 0 Å². The number of halogens is 1. The van der Waals surface area contributed by atoms with Crippen molar-refractivity contribution in [1.29, 1.82) is 5.26 Å². The monoisotopic (exact) mass is 400 g/mol.